The van der Waals surface area contributed by atoms with E-state index >= 15 is 0 Å². The molecule has 2 bridgehead atoms. The zero-order valence-corrected chi connectivity index (χ0v) is 32.5. The van der Waals surface area contributed by atoms with Gasteiger partial charge in [-0.25, -0.2) is 0 Å². The number of alkyl halides is 1. The first-order valence-electron chi connectivity index (χ1n) is 17.7. The Morgan fingerprint density at radius 3 is 2.34 bits per heavy atom. The minimum Gasteiger partial charge on any atom is -0.455 e. The number of benzene rings is 1. The number of aliphatic hydroxyl groups excluding tert-OH is 1. The summed E-state index contributed by atoms with van der Waals surface area (Å²) < 4.78 is 13.1. The van der Waals surface area contributed by atoms with Crippen LogP contribution in [0.2, 0.25) is 0 Å². The van der Waals surface area contributed by atoms with Crippen molar-refractivity contribution in [2.75, 3.05) is 20.2 Å². The Morgan fingerprint density at radius 1 is 1.14 bits per heavy atom. The van der Waals surface area contributed by atoms with Gasteiger partial charge in [0.05, 0.1) is 36.6 Å². The van der Waals surface area contributed by atoms with Gasteiger partial charge in [0.1, 0.15) is 17.7 Å². The number of rotatable bonds is 15. The fourth-order valence-electron chi connectivity index (χ4n) is 8.61. The molecule has 50 heavy (non-hydrogen) atoms. The van der Waals surface area contributed by atoms with E-state index in [1.54, 1.807) is 35.9 Å². The average Bonchev–Trinajstić information content (AvgIpc) is 3.65. The highest BCUT2D eigenvalue weighted by Gasteiger charge is 2.77. The highest BCUT2D eigenvalue weighted by Crippen LogP contribution is 2.61. The summed E-state index contributed by atoms with van der Waals surface area (Å²) in [6.45, 7) is 21.4. The third kappa shape index (κ3) is 7.46. The number of allylic oxidation sites excluding steroid dienone is 1. The van der Waals surface area contributed by atoms with Crippen LogP contribution in [-0.4, -0.2) is 104 Å². The molecule has 3 aliphatic rings. The Kier molecular flexibility index (Phi) is 12.2. The van der Waals surface area contributed by atoms with Gasteiger partial charge >= 0.3 is 5.97 Å². The number of ether oxygens (including phenoxy) is 2. The Labute approximate surface area is 306 Å². The summed E-state index contributed by atoms with van der Waals surface area (Å²) >= 11 is 3.75. The first-order valence-corrected chi connectivity index (χ1v) is 18.6. The number of carbonyl (C=O) groups is 4. The van der Waals surface area contributed by atoms with E-state index in [0.717, 1.165) is 0 Å². The predicted octanol–water partition coefficient (Wildman–Crippen LogP) is 5.44. The van der Waals surface area contributed by atoms with Gasteiger partial charge in [-0.05, 0) is 57.9 Å². The van der Waals surface area contributed by atoms with Crippen molar-refractivity contribution in [3.05, 3.63) is 61.2 Å². The van der Waals surface area contributed by atoms with Gasteiger partial charge in [-0.2, -0.15) is 0 Å². The van der Waals surface area contributed by atoms with Crippen LogP contribution in [0, 0.1) is 17.3 Å². The van der Waals surface area contributed by atoms with E-state index in [4.69, 9.17) is 9.47 Å². The number of hydrogen-bond donors (Lipinski definition) is 1. The van der Waals surface area contributed by atoms with Gasteiger partial charge in [0.25, 0.3) is 0 Å². The van der Waals surface area contributed by atoms with Gasteiger partial charge in [0, 0.05) is 30.4 Å². The molecule has 0 saturated carbocycles. The summed E-state index contributed by atoms with van der Waals surface area (Å²) in [6, 6.07) is 6.89. The van der Waals surface area contributed by atoms with E-state index in [9.17, 15) is 24.3 Å². The number of carbonyl (C=O) groups excluding carboxylic acids is 4. The van der Waals surface area contributed by atoms with E-state index in [1.165, 1.54) is 4.90 Å². The molecule has 1 aromatic rings. The summed E-state index contributed by atoms with van der Waals surface area (Å²) in [7, 11) is 1.69. The van der Waals surface area contributed by atoms with Crippen molar-refractivity contribution in [1.82, 2.24) is 14.7 Å². The lowest BCUT2D eigenvalue weighted by Crippen LogP contribution is -2.62. The van der Waals surface area contributed by atoms with Crippen LogP contribution in [0.5, 0.6) is 0 Å². The maximum Gasteiger partial charge on any atom is 0.313 e. The second-order valence-electron chi connectivity index (χ2n) is 16.1. The van der Waals surface area contributed by atoms with E-state index in [1.807, 2.05) is 51.1 Å². The van der Waals surface area contributed by atoms with Crippen LogP contribution in [-0.2, 0) is 28.7 Å². The van der Waals surface area contributed by atoms with Gasteiger partial charge in [-0.3, -0.25) is 19.2 Å². The van der Waals surface area contributed by atoms with E-state index in [-0.39, 0.29) is 41.6 Å². The van der Waals surface area contributed by atoms with Crippen LogP contribution >= 0.6 is 15.9 Å². The molecule has 10 nitrogen and oxygen atoms in total. The molecule has 1 aromatic carbocycles. The lowest BCUT2D eigenvalue weighted by atomic mass is 9.70. The summed E-state index contributed by atoms with van der Waals surface area (Å²) in [5, 5.41) is 10.4. The van der Waals surface area contributed by atoms with Crippen molar-refractivity contribution in [3.8, 4) is 0 Å². The number of esters is 1. The molecule has 276 valence electrons. The number of likely N-dealkylation sites (tertiary alicyclic amines) is 1. The number of nitrogens with zero attached hydrogens (tertiary/aromatic N) is 3. The SMILES string of the molecule is C=CCCC(=O)N(C)[C@H](C)[C@H](OC(=O)[C@H]1[C@@H]2O[C@@]3(CC2Br)[C@@H]1C(=O)N([C@H](C)CO)[C@@H]3C(=O)N(CC=C)C(C)(C)CC(C)(C)C)c1ccccc1. The quantitative estimate of drug-likeness (QED) is 0.144. The van der Waals surface area contributed by atoms with Gasteiger partial charge < -0.3 is 29.3 Å². The summed E-state index contributed by atoms with van der Waals surface area (Å²) in [4.78, 5) is 61.6. The van der Waals surface area contributed by atoms with Crippen molar-refractivity contribution >= 4 is 39.6 Å². The Morgan fingerprint density at radius 2 is 1.78 bits per heavy atom. The number of fused-ring (bicyclic) bond motifs is 1. The topological polar surface area (TPSA) is 117 Å². The molecule has 9 atom stereocenters. The van der Waals surface area contributed by atoms with Crippen LogP contribution in [0.4, 0.5) is 0 Å². The van der Waals surface area contributed by atoms with Crippen LogP contribution in [0.15, 0.2) is 55.6 Å². The zero-order chi connectivity index (χ0) is 37.3. The molecule has 3 amide bonds. The minimum absolute atomic E-state index is 0.109. The number of likely N-dealkylation sites (N-methyl/N-ethyl adjacent to an activating group) is 1. The number of amides is 3. The molecular weight excluding hydrogens is 702 g/mol. The van der Waals surface area contributed by atoms with E-state index < -0.39 is 65.2 Å². The average molecular weight is 759 g/mol. The lowest BCUT2D eigenvalue weighted by Gasteiger charge is -2.46. The molecule has 0 radical (unpaired) electrons. The van der Waals surface area contributed by atoms with Gasteiger partial charge in [0.2, 0.25) is 17.7 Å². The zero-order valence-electron chi connectivity index (χ0n) is 30.9. The van der Waals surface area contributed by atoms with Crippen molar-refractivity contribution < 1.29 is 33.8 Å². The molecular formula is C39H56BrN3O7. The third-order valence-electron chi connectivity index (χ3n) is 10.6. The van der Waals surface area contributed by atoms with Crippen molar-refractivity contribution in [3.63, 3.8) is 0 Å². The van der Waals surface area contributed by atoms with E-state index in [0.29, 0.717) is 24.8 Å². The molecule has 1 spiro atoms. The largest absolute Gasteiger partial charge is 0.455 e. The van der Waals surface area contributed by atoms with E-state index in [2.05, 4.69) is 49.9 Å². The van der Waals surface area contributed by atoms with Gasteiger partial charge in [-0.15, -0.1) is 13.2 Å². The Hall–Kier alpha value is -3.02. The standard InChI is InChI=1S/C39H56BrN3O7/c1-11-13-19-28(45)41(10)25(4)31(26-17-15-14-16-18-26)49-36(48)29-30-34(46)43(24(3)22-44)33(39(30)21-27(40)32(29)50-39)35(47)42(20-12-2)38(8,9)23-37(5,6)7/h11-12,14-18,24-25,27,29-33,44H,1-2,13,19-23H2,3-10H3/t24-,25-,27?,29-,30+,31+,32-,33-,39+/m1/s1. The van der Waals surface area contributed by atoms with Crippen LogP contribution in [0.1, 0.15) is 85.8 Å². The fraction of sp³-hybridized carbons (Fsp3) is 0.641. The molecule has 3 aliphatic heterocycles. The lowest BCUT2D eigenvalue weighted by molar-refractivity contribution is -0.165. The number of hydrogen-bond acceptors (Lipinski definition) is 7. The molecule has 11 heteroatoms. The molecule has 1 unspecified atom stereocenters. The van der Waals surface area contributed by atoms with Crippen molar-refractivity contribution in [2.45, 2.75) is 120 Å². The normalized spacial score (nSPS) is 27.7. The summed E-state index contributed by atoms with van der Waals surface area (Å²) in [5.41, 5.74) is -1.36. The molecule has 0 aliphatic carbocycles. The van der Waals surface area contributed by atoms with Crippen LogP contribution in [0.3, 0.4) is 0 Å². The number of halogens is 1. The predicted molar refractivity (Wildman–Crippen MR) is 196 cm³/mol. The molecule has 3 fully saturated rings. The van der Waals surface area contributed by atoms with Gasteiger partial charge in [-0.1, -0.05) is 79.2 Å². The van der Waals surface area contributed by atoms with Crippen molar-refractivity contribution in [2.24, 2.45) is 17.3 Å². The maximum atomic E-state index is 15.0. The first-order chi connectivity index (χ1) is 23.4. The second-order valence-corrected chi connectivity index (χ2v) is 17.2. The highest BCUT2D eigenvalue weighted by molar-refractivity contribution is 9.09. The van der Waals surface area contributed by atoms with Crippen LogP contribution < -0.4 is 0 Å². The van der Waals surface area contributed by atoms with Crippen molar-refractivity contribution in [1.29, 1.82) is 0 Å². The molecule has 0 aromatic heterocycles. The minimum atomic E-state index is -1.33. The Balaban J connectivity index is 1.75. The smallest absolute Gasteiger partial charge is 0.313 e. The molecule has 4 rings (SSSR count). The third-order valence-corrected chi connectivity index (χ3v) is 11.5. The highest BCUT2D eigenvalue weighted by atomic mass is 79.9. The second kappa shape index (κ2) is 15.3. The molecule has 3 heterocycles. The van der Waals surface area contributed by atoms with Gasteiger partial charge in [0.15, 0.2) is 0 Å². The maximum absolute atomic E-state index is 15.0. The van der Waals surface area contributed by atoms with Crippen LogP contribution in [0.25, 0.3) is 0 Å². The fourth-order valence-corrected chi connectivity index (χ4v) is 9.55. The number of aliphatic hydroxyl groups is 1. The summed E-state index contributed by atoms with van der Waals surface area (Å²) in [6.07, 6.45) is 3.59. The molecule has 3 saturated heterocycles. The monoisotopic (exact) mass is 757 g/mol. The molecule has 1 N–H and O–H groups in total. The first kappa shape index (κ1) is 39.8. The Bertz CT molecular complexity index is 1440. The summed E-state index contributed by atoms with van der Waals surface area (Å²) in [5.74, 6) is -3.50.